The highest BCUT2D eigenvalue weighted by Crippen LogP contribution is 2.31. The molecule has 1 aromatic heterocycles. The Hall–Kier alpha value is -4.00. The smallest absolute Gasteiger partial charge is 0.410 e. The average molecular weight is 539 g/mol. The first-order valence-corrected chi connectivity index (χ1v) is 13.0. The van der Waals surface area contributed by atoms with E-state index >= 15 is 0 Å². The number of likely N-dealkylation sites (tertiary alicyclic amines) is 1. The molecule has 1 saturated heterocycles. The van der Waals surface area contributed by atoms with E-state index in [0.29, 0.717) is 37.0 Å². The molecule has 39 heavy (non-hydrogen) atoms. The summed E-state index contributed by atoms with van der Waals surface area (Å²) < 4.78 is 40.7. The summed E-state index contributed by atoms with van der Waals surface area (Å²) in [4.78, 5) is 31.7. The summed E-state index contributed by atoms with van der Waals surface area (Å²) in [6.45, 7) is 9.45. The second kappa shape index (κ2) is 11.4. The lowest BCUT2D eigenvalue weighted by atomic mass is 9.83. The molecular weight excluding hydrogens is 506 g/mol. The Kier molecular flexibility index (Phi) is 8.19. The molecule has 10 heteroatoms. The van der Waals surface area contributed by atoms with Gasteiger partial charge in [0.25, 0.3) is 5.56 Å². The van der Waals surface area contributed by atoms with Gasteiger partial charge in [0.15, 0.2) is 11.6 Å². The SMILES string of the molecule is CC(CCn1cnc2ccc(Oc3c(F)ccc(F)c3C#N)cc2c1=O)C1CCN(C(=O)OC(C)(C)C)CC1. The van der Waals surface area contributed by atoms with Gasteiger partial charge in [0.1, 0.15) is 28.8 Å². The van der Waals surface area contributed by atoms with Crippen molar-refractivity contribution in [2.24, 2.45) is 11.8 Å². The Bertz CT molecular complexity index is 1470. The van der Waals surface area contributed by atoms with Crippen LogP contribution in [0.3, 0.4) is 0 Å². The molecule has 0 bridgehead atoms. The minimum atomic E-state index is -0.900. The van der Waals surface area contributed by atoms with Gasteiger partial charge in [0.2, 0.25) is 0 Å². The van der Waals surface area contributed by atoms with Gasteiger partial charge in [-0.25, -0.2) is 18.6 Å². The molecule has 2 aromatic carbocycles. The van der Waals surface area contributed by atoms with Crippen LogP contribution < -0.4 is 10.3 Å². The molecule has 2 heterocycles. The van der Waals surface area contributed by atoms with Crippen molar-refractivity contribution in [3.63, 3.8) is 0 Å². The van der Waals surface area contributed by atoms with Gasteiger partial charge in [0, 0.05) is 19.6 Å². The third-order valence-corrected chi connectivity index (χ3v) is 7.01. The number of hydrogen-bond donors (Lipinski definition) is 0. The van der Waals surface area contributed by atoms with E-state index in [1.54, 1.807) is 17.0 Å². The molecule has 0 saturated carbocycles. The van der Waals surface area contributed by atoms with Gasteiger partial charge in [-0.05, 0) is 82.2 Å². The standard InChI is InChI=1S/C29H32F2N4O4/c1-18(19-10-13-34(14-11-19)28(37)39-29(2,3)4)9-12-35-17-33-25-8-5-20(15-21(25)27(35)36)38-26-22(16-32)23(30)6-7-24(26)31/h5-8,15,17-19H,9-14H2,1-4H3. The second-order valence-electron chi connectivity index (χ2n) is 10.9. The van der Waals surface area contributed by atoms with Crippen LogP contribution in [-0.2, 0) is 11.3 Å². The molecule has 0 N–H and O–H groups in total. The van der Waals surface area contributed by atoms with E-state index in [-0.39, 0.29) is 22.8 Å². The largest absolute Gasteiger partial charge is 0.453 e. The lowest BCUT2D eigenvalue weighted by molar-refractivity contribution is 0.0160. The summed E-state index contributed by atoms with van der Waals surface area (Å²) >= 11 is 0. The summed E-state index contributed by atoms with van der Waals surface area (Å²) in [6.07, 6.45) is 3.71. The zero-order chi connectivity index (χ0) is 28.3. The van der Waals surface area contributed by atoms with Crippen LogP contribution in [0.4, 0.5) is 13.6 Å². The maximum atomic E-state index is 14.3. The monoisotopic (exact) mass is 538 g/mol. The van der Waals surface area contributed by atoms with E-state index in [2.05, 4.69) is 11.9 Å². The number of carbonyl (C=O) groups excluding carboxylic acids is 1. The topological polar surface area (TPSA) is 97.5 Å². The van der Waals surface area contributed by atoms with Crippen molar-refractivity contribution in [1.29, 1.82) is 5.26 Å². The quantitative estimate of drug-likeness (QED) is 0.381. The molecule has 206 valence electrons. The van der Waals surface area contributed by atoms with E-state index in [0.717, 1.165) is 31.4 Å². The fourth-order valence-corrected chi connectivity index (χ4v) is 4.77. The van der Waals surface area contributed by atoms with E-state index in [1.807, 2.05) is 20.8 Å². The maximum Gasteiger partial charge on any atom is 0.410 e. The van der Waals surface area contributed by atoms with Crippen molar-refractivity contribution in [2.45, 2.75) is 59.1 Å². The van der Waals surface area contributed by atoms with Gasteiger partial charge >= 0.3 is 6.09 Å². The number of nitriles is 1. The number of aryl methyl sites for hydroxylation is 1. The van der Waals surface area contributed by atoms with Gasteiger partial charge in [-0.2, -0.15) is 5.26 Å². The Labute approximate surface area is 225 Å². The van der Waals surface area contributed by atoms with E-state index in [4.69, 9.17) is 9.47 Å². The van der Waals surface area contributed by atoms with Gasteiger partial charge in [-0.1, -0.05) is 6.92 Å². The number of halogens is 2. The third-order valence-electron chi connectivity index (χ3n) is 7.01. The molecule has 0 spiro atoms. The fraction of sp³-hybridized carbons (Fsp3) is 0.448. The lowest BCUT2D eigenvalue weighted by Crippen LogP contribution is -2.42. The average Bonchev–Trinajstić information content (AvgIpc) is 2.90. The van der Waals surface area contributed by atoms with Gasteiger partial charge in [-0.3, -0.25) is 9.36 Å². The van der Waals surface area contributed by atoms with E-state index in [1.165, 1.54) is 23.0 Å². The summed E-state index contributed by atoms with van der Waals surface area (Å²) in [6, 6.07) is 7.80. The van der Waals surface area contributed by atoms with Crippen molar-refractivity contribution in [1.82, 2.24) is 14.5 Å². The molecule has 0 aliphatic carbocycles. The number of rotatable bonds is 6. The van der Waals surface area contributed by atoms with Crippen molar-refractivity contribution in [3.8, 4) is 17.6 Å². The predicted octanol–water partition coefficient (Wildman–Crippen LogP) is 6.01. The van der Waals surface area contributed by atoms with Crippen LogP contribution in [0.25, 0.3) is 10.9 Å². The van der Waals surface area contributed by atoms with E-state index in [9.17, 15) is 23.6 Å². The van der Waals surface area contributed by atoms with Gasteiger partial charge < -0.3 is 14.4 Å². The molecule has 1 aliphatic rings. The van der Waals surface area contributed by atoms with Crippen molar-refractivity contribution in [3.05, 3.63) is 64.2 Å². The number of carbonyl (C=O) groups is 1. The first-order chi connectivity index (χ1) is 18.5. The second-order valence-corrected chi connectivity index (χ2v) is 10.9. The first-order valence-electron chi connectivity index (χ1n) is 13.0. The van der Waals surface area contributed by atoms with Crippen LogP contribution in [0.15, 0.2) is 41.5 Å². The number of fused-ring (bicyclic) bond motifs is 1. The normalized spacial score (nSPS) is 15.2. The number of hydrogen-bond acceptors (Lipinski definition) is 6. The zero-order valence-corrected chi connectivity index (χ0v) is 22.5. The minimum Gasteiger partial charge on any atom is -0.453 e. The molecule has 1 amide bonds. The number of ether oxygens (including phenoxy) is 2. The summed E-state index contributed by atoms with van der Waals surface area (Å²) in [7, 11) is 0. The Morgan fingerprint density at radius 2 is 1.87 bits per heavy atom. The maximum absolute atomic E-state index is 14.3. The summed E-state index contributed by atoms with van der Waals surface area (Å²) in [5, 5.41) is 9.47. The molecular formula is C29H32F2N4O4. The van der Waals surface area contributed by atoms with Crippen molar-refractivity contribution in [2.75, 3.05) is 13.1 Å². The summed E-state index contributed by atoms with van der Waals surface area (Å²) in [5.74, 6) is -1.49. The Morgan fingerprint density at radius 1 is 1.18 bits per heavy atom. The van der Waals surface area contributed by atoms with Crippen LogP contribution >= 0.6 is 0 Å². The number of benzene rings is 2. The molecule has 8 nitrogen and oxygen atoms in total. The van der Waals surface area contributed by atoms with Crippen molar-refractivity contribution >= 4 is 17.0 Å². The Balaban J connectivity index is 1.42. The van der Waals surface area contributed by atoms with E-state index < -0.39 is 28.5 Å². The highest BCUT2D eigenvalue weighted by Gasteiger charge is 2.29. The highest BCUT2D eigenvalue weighted by molar-refractivity contribution is 5.79. The summed E-state index contributed by atoms with van der Waals surface area (Å²) in [5.41, 5.74) is -0.918. The zero-order valence-electron chi connectivity index (χ0n) is 22.5. The fourth-order valence-electron chi connectivity index (χ4n) is 4.77. The number of aromatic nitrogens is 2. The molecule has 1 unspecified atom stereocenters. The predicted molar refractivity (Wildman–Crippen MR) is 141 cm³/mol. The van der Waals surface area contributed by atoms with Gasteiger partial charge in [-0.15, -0.1) is 0 Å². The van der Waals surface area contributed by atoms with Crippen LogP contribution in [0.1, 0.15) is 52.5 Å². The molecule has 4 rings (SSSR count). The van der Waals surface area contributed by atoms with Crippen molar-refractivity contribution < 1.29 is 23.0 Å². The van der Waals surface area contributed by atoms with Gasteiger partial charge in [0.05, 0.1) is 17.2 Å². The highest BCUT2D eigenvalue weighted by atomic mass is 19.1. The number of nitrogens with zero attached hydrogens (tertiary/aromatic N) is 4. The molecule has 1 atom stereocenters. The van der Waals surface area contributed by atoms with Crippen LogP contribution in [-0.4, -0.2) is 39.2 Å². The van der Waals surface area contributed by atoms with Crippen LogP contribution in [0.5, 0.6) is 11.5 Å². The third kappa shape index (κ3) is 6.53. The Morgan fingerprint density at radius 3 is 2.54 bits per heavy atom. The molecule has 3 aromatic rings. The minimum absolute atomic E-state index is 0.0882. The molecule has 1 aliphatic heterocycles. The van der Waals surface area contributed by atoms with Crippen LogP contribution in [0.2, 0.25) is 0 Å². The van der Waals surface area contributed by atoms with Crippen LogP contribution in [0, 0.1) is 34.8 Å². The first kappa shape index (κ1) is 28.0. The number of piperidine rings is 1. The number of amides is 1. The lowest BCUT2D eigenvalue weighted by Gasteiger charge is -2.35. The molecule has 0 radical (unpaired) electrons. The molecule has 1 fully saturated rings.